The molecular weight excluding hydrogens is 365 g/mol. The van der Waals surface area contributed by atoms with E-state index in [4.69, 9.17) is 0 Å². The highest BCUT2D eigenvalue weighted by Crippen LogP contribution is 2.35. The van der Waals surface area contributed by atoms with E-state index in [1.54, 1.807) is 12.1 Å². The van der Waals surface area contributed by atoms with E-state index in [0.717, 1.165) is 11.8 Å². The summed E-state index contributed by atoms with van der Waals surface area (Å²) in [7, 11) is 0. The second kappa shape index (κ2) is 7.88. The molecule has 0 fully saturated rings. The summed E-state index contributed by atoms with van der Waals surface area (Å²) in [6.07, 6.45) is -3.78. The molecule has 2 N–H and O–H groups in total. The van der Waals surface area contributed by atoms with Gasteiger partial charge in [0.15, 0.2) is 0 Å². The molecule has 0 bridgehead atoms. The summed E-state index contributed by atoms with van der Waals surface area (Å²) in [5.74, 6) is 0.175. The van der Waals surface area contributed by atoms with Crippen LogP contribution in [-0.2, 0) is 6.18 Å². The summed E-state index contributed by atoms with van der Waals surface area (Å²) in [5, 5.41) is 5.70. The van der Waals surface area contributed by atoms with Crippen LogP contribution in [0.2, 0.25) is 0 Å². The lowest BCUT2D eigenvalue weighted by atomic mass is 10.0. The van der Waals surface area contributed by atoms with Crippen molar-refractivity contribution in [2.45, 2.75) is 32.9 Å². The van der Waals surface area contributed by atoms with Gasteiger partial charge in [-0.25, -0.2) is 4.98 Å². The van der Waals surface area contributed by atoms with Crippen molar-refractivity contribution in [1.29, 1.82) is 0 Å². The molecule has 4 nitrogen and oxygen atoms in total. The molecule has 0 amide bonds. The number of halogens is 3. The summed E-state index contributed by atoms with van der Waals surface area (Å²) in [4.78, 5) is 7.89. The number of aromatic nitrogens is 2. The zero-order chi connectivity index (χ0) is 20.3. The van der Waals surface area contributed by atoms with Crippen LogP contribution in [0.5, 0.6) is 0 Å². The lowest BCUT2D eigenvalue weighted by molar-refractivity contribution is -0.137. The fourth-order valence-corrected chi connectivity index (χ4v) is 2.60. The van der Waals surface area contributed by atoms with E-state index in [0.29, 0.717) is 17.3 Å². The summed E-state index contributed by atoms with van der Waals surface area (Å²) >= 11 is 0. The van der Waals surface area contributed by atoms with Gasteiger partial charge < -0.3 is 10.6 Å². The molecular formula is C21H21F3N4. The van der Waals surface area contributed by atoms with Crippen molar-refractivity contribution in [3.8, 4) is 0 Å². The number of anilines is 4. The average Bonchev–Trinajstić information content (AvgIpc) is 2.63. The third kappa shape index (κ3) is 4.79. The van der Waals surface area contributed by atoms with Gasteiger partial charge in [0.25, 0.3) is 0 Å². The quantitative estimate of drug-likeness (QED) is 0.532. The summed E-state index contributed by atoms with van der Waals surface area (Å²) in [6.45, 7) is 6.08. The van der Waals surface area contributed by atoms with Gasteiger partial charge in [-0.05, 0) is 42.7 Å². The fraction of sp³-hybridized carbons (Fsp3) is 0.238. The van der Waals surface area contributed by atoms with Gasteiger partial charge in [-0.3, -0.25) is 0 Å². The van der Waals surface area contributed by atoms with Gasteiger partial charge in [-0.2, -0.15) is 18.2 Å². The van der Waals surface area contributed by atoms with Crippen LogP contribution in [0.15, 0.2) is 54.7 Å². The first-order valence-electron chi connectivity index (χ1n) is 8.87. The normalized spacial score (nSPS) is 11.5. The third-order valence-corrected chi connectivity index (χ3v) is 4.24. The number of nitrogens with zero attached hydrogens (tertiary/aromatic N) is 2. The molecule has 7 heteroatoms. The molecule has 0 aliphatic carbocycles. The Morgan fingerprint density at radius 1 is 0.857 bits per heavy atom. The maximum atomic E-state index is 13.4. The van der Waals surface area contributed by atoms with Crippen molar-refractivity contribution >= 4 is 23.1 Å². The van der Waals surface area contributed by atoms with Crippen molar-refractivity contribution in [2.75, 3.05) is 10.6 Å². The van der Waals surface area contributed by atoms with Crippen LogP contribution in [0.3, 0.4) is 0 Å². The Balaban J connectivity index is 1.89. The largest absolute Gasteiger partial charge is 0.421 e. The van der Waals surface area contributed by atoms with Crippen LogP contribution in [0.4, 0.5) is 36.3 Å². The molecule has 0 atom stereocenters. The zero-order valence-electron chi connectivity index (χ0n) is 15.8. The molecule has 146 valence electrons. The Morgan fingerprint density at radius 2 is 1.43 bits per heavy atom. The number of alkyl halides is 3. The maximum absolute atomic E-state index is 13.4. The third-order valence-electron chi connectivity index (χ3n) is 4.24. The first kappa shape index (κ1) is 19.7. The topological polar surface area (TPSA) is 49.8 Å². The van der Waals surface area contributed by atoms with Crippen molar-refractivity contribution in [2.24, 2.45) is 0 Å². The molecule has 2 aromatic carbocycles. The smallest absolute Gasteiger partial charge is 0.340 e. The molecule has 1 heterocycles. The number of aryl methyl sites for hydroxylation is 1. The predicted molar refractivity (Wildman–Crippen MR) is 105 cm³/mol. The number of nitrogens with one attached hydrogen (secondary N) is 2. The first-order valence-corrected chi connectivity index (χ1v) is 8.87. The Kier molecular flexibility index (Phi) is 5.53. The second-order valence-electron chi connectivity index (χ2n) is 6.85. The van der Waals surface area contributed by atoms with E-state index in [1.807, 2.05) is 43.3 Å². The molecule has 28 heavy (non-hydrogen) atoms. The van der Waals surface area contributed by atoms with E-state index in [1.165, 1.54) is 5.56 Å². The van der Waals surface area contributed by atoms with Gasteiger partial charge in [0.2, 0.25) is 5.95 Å². The van der Waals surface area contributed by atoms with Crippen LogP contribution >= 0.6 is 0 Å². The molecule has 0 saturated carbocycles. The van der Waals surface area contributed by atoms with Crippen molar-refractivity contribution in [1.82, 2.24) is 9.97 Å². The SMILES string of the molecule is Cc1ccc(Nc2nc(Nc3ccc(C(C)C)cc3)ncc2C(F)(F)F)cc1. The van der Waals surface area contributed by atoms with E-state index >= 15 is 0 Å². The molecule has 0 radical (unpaired) electrons. The Morgan fingerprint density at radius 3 is 2.00 bits per heavy atom. The predicted octanol–water partition coefficient (Wildman–Crippen LogP) is 6.41. The highest BCUT2D eigenvalue weighted by Gasteiger charge is 2.35. The summed E-state index contributed by atoms with van der Waals surface area (Å²) in [5.41, 5.74) is 2.47. The highest BCUT2D eigenvalue weighted by molar-refractivity contribution is 5.63. The minimum absolute atomic E-state index is 0.0832. The fourth-order valence-electron chi connectivity index (χ4n) is 2.60. The molecule has 0 unspecified atom stereocenters. The Bertz CT molecular complexity index is 933. The van der Waals surface area contributed by atoms with E-state index in [2.05, 4.69) is 34.4 Å². The van der Waals surface area contributed by atoms with Gasteiger partial charge in [-0.1, -0.05) is 43.7 Å². The Hall–Kier alpha value is -3.09. The van der Waals surface area contributed by atoms with Gasteiger partial charge in [-0.15, -0.1) is 0 Å². The summed E-state index contributed by atoms with van der Waals surface area (Å²) in [6, 6.07) is 14.7. The minimum Gasteiger partial charge on any atom is -0.340 e. The van der Waals surface area contributed by atoms with Gasteiger partial charge in [0, 0.05) is 17.6 Å². The highest BCUT2D eigenvalue weighted by atomic mass is 19.4. The van der Waals surface area contributed by atoms with Crippen LogP contribution in [0, 0.1) is 6.92 Å². The van der Waals surface area contributed by atoms with Crippen molar-refractivity contribution in [3.05, 3.63) is 71.4 Å². The molecule has 0 spiro atoms. The number of benzene rings is 2. The molecule has 0 aliphatic heterocycles. The van der Waals surface area contributed by atoms with Gasteiger partial charge in [0.1, 0.15) is 11.4 Å². The van der Waals surface area contributed by atoms with Crippen molar-refractivity contribution in [3.63, 3.8) is 0 Å². The Labute approximate surface area is 161 Å². The van der Waals surface area contributed by atoms with E-state index < -0.39 is 11.7 Å². The second-order valence-corrected chi connectivity index (χ2v) is 6.85. The van der Waals surface area contributed by atoms with Crippen molar-refractivity contribution < 1.29 is 13.2 Å². The molecule has 3 aromatic rings. The zero-order valence-corrected chi connectivity index (χ0v) is 15.8. The number of rotatable bonds is 5. The number of hydrogen-bond acceptors (Lipinski definition) is 4. The van der Waals surface area contributed by atoms with Crippen LogP contribution < -0.4 is 10.6 Å². The van der Waals surface area contributed by atoms with Crippen LogP contribution in [-0.4, -0.2) is 9.97 Å². The van der Waals surface area contributed by atoms with Gasteiger partial charge in [0.05, 0.1) is 0 Å². The number of hydrogen-bond donors (Lipinski definition) is 2. The monoisotopic (exact) mass is 386 g/mol. The van der Waals surface area contributed by atoms with E-state index in [9.17, 15) is 13.2 Å². The maximum Gasteiger partial charge on any atom is 0.421 e. The lowest BCUT2D eigenvalue weighted by Gasteiger charge is -2.15. The molecule has 0 saturated heterocycles. The van der Waals surface area contributed by atoms with E-state index in [-0.39, 0.29) is 11.8 Å². The lowest BCUT2D eigenvalue weighted by Crippen LogP contribution is -2.12. The summed E-state index contributed by atoms with van der Waals surface area (Å²) < 4.78 is 40.1. The van der Waals surface area contributed by atoms with Crippen LogP contribution in [0.25, 0.3) is 0 Å². The molecule has 1 aromatic heterocycles. The van der Waals surface area contributed by atoms with Gasteiger partial charge >= 0.3 is 6.18 Å². The average molecular weight is 386 g/mol. The minimum atomic E-state index is -4.57. The molecule has 0 aliphatic rings. The standard InChI is InChI=1S/C21H21F3N4/c1-13(2)15-6-10-17(11-7-15)27-20-25-12-18(21(22,23)24)19(28-20)26-16-8-4-14(3)5-9-16/h4-13H,1-3H3,(H2,25,26,27,28). The molecule has 3 rings (SSSR count). The first-order chi connectivity index (χ1) is 13.2. The van der Waals surface area contributed by atoms with Crippen LogP contribution in [0.1, 0.15) is 36.5 Å².